The minimum atomic E-state index is -3.60. The molecule has 0 aliphatic carbocycles. The van der Waals surface area contributed by atoms with Crippen molar-refractivity contribution in [3.63, 3.8) is 0 Å². The first-order chi connectivity index (χ1) is 8.74. The molecule has 5 nitrogen and oxygen atoms in total. The summed E-state index contributed by atoms with van der Waals surface area (Å²) in [6.07, 6.45) is 0.0671. The lowest BCUT2D eigenvalue weighted by Gasteiger charge is -2.12. The lowest BCUT2D eigenvalue weighted by Crippen LogP contribution is -2.28. The van der Waals surface area contributed by atoms with E-state index in [4.69, 9.17) is 22.1 Å². The molecule has 0 aromatic heterocycles. The van der Waals surface area contributed by atoms with Gasteiger partial charge in [-0.2, -0.15) is 0 Å². The van der Waals surface area contributed by atoms with E-state index < -0.39 is 10.0 Å². The fourth-order valence-electron chi connectivity index (χ4n) is 1.51. The molecular weight excluding hydrogens is 288 g/mol. The lowest BCUT2D eigenvalue weighted by atomic mass is 10.2. The first kappa shape index (κ1) is 16.2. The standard InChI is InChI=1S/C12H19ClN2O3S/c1-8(2)18-5-4-15-19(16,17)12-7-11(14)10(13)6-9(12)3/h6-8,15H,4-5,14H2,1-3H3. The third kappa shape index (κ3) is 4.65. The number of anilines is 1. The Hall–Kier alpha value is -0.820. The number of halogens is 1. The molecule has 0 aliphatic heterocycles. The van der Waals surface area contributed by atoms with Crippen molar-refractivity contribution < 1.29 is 13.2 Å². The number of ether oxygens (including phenoxy) is 1. The maximum absolute atomic E-state index is 12.1. The number of nitrogen functional groups attached to an aromatic ring is 1. The summed E-state index contributed by atoms with van der Waals surface area (Å²) in [4.78, 5) is 0.138. The summed E-state index contributed by atoms with van der Waals surface area (Å²) in [6.45, 7) is 5.98. The molecule has 7 heteroatoms. The van der Waals surface area contributed by atoms with Gasteiger partial charge in [0.25, 0.3) is 0 Å². The van der Waals surface area contributed by atoms with Crippen molar-refractivity contribution in [2.75, 3.05) is 18.9 Å². The molecule has 0 radical (unpaired) electrons. The van der Waals surface area contributed by atoms with Crippen LogP contribution in [-0.4, -0.2) is 27.7 Å². The van der Waals surface area contributed by atoms with Crippen LogP contribution in [0.3, 0.4) is 0 Å². The fourth-order valence-corrected chi connectivity index (χ4v) is 3.00. The van der Waals surface area contributed by atoms with Gasteiger partial charge in [0.1, 0.15) is 0 Å². The van der Waals surface area contributed by atoms with Crippen molar-refractivity contribution in [2.45, 2.75) is 31.8 Å². The third-order valence-electron chi connectivity index (χ3n) is 2.43. The Morgan fingerprint density at radius 1 is 1.42 bits per heavy atom. The molecule has 0 aliphatic rings. The second-order valence-corrected chi connectivity index (χ2v) is 6.60. The van der Waals surface area contributed by atoms with Gasteiger partial charge in [0.05, 0.1) is 28.3 Å². The molecule has 19 heavy (non-hydrogen) atoms. The first-order valence-corrected chi connectivity index (χ1v) is 7.77. The van der Waals surface area contributed by atoms with E-state index in [9.17, 15) is 8.42 Å². The molecule has 1 rings (SSSR count). The summed E-state index contributed by atoms with van der Waals surface area (Å²) in [5, 5.41) is 0.347. The predicted octanol–water partition coefficient (Wildman–Crippen LogP) is 1.93. The largest absolute Gasteiger partial charge is 0.397 e. The summed E-state index contributed by atoms with van der Waals surface area (Å²) in [6, 6.07) is 2.90. The summed E-state index contributed by atoms with van der Waals surface area (Å²) < 4.78 is 31.9. The van der Waals surface area contributed by atoms with Crippen LogP contribution in [-0.2, 0) is 14.8 Å². The number of aryl methyl sites for hydroxylation is 1. The van der Waals surface area contributed by atoms with Crippen LogP contribution in [0.2, 0.25) is 5.02 Å². The Balaban J connectivity index is 2.80. The predicted molar refractivity (Wildman–Crippen MR) is 76.9 cm³/mol. The molecule has 0 saturated carbocycles. The second-order valence-electron chi connectivity index (χ2n) is 4.46. The number of benzene rings is 1. The van der Waals surface area contributed by atoms with Crippen molar-refractivity contribution in [1.82, 2.24) is 4.72 Å². The molecule has 1 aromatic carbocycles. The zero-order valence-electron chi connectivity index (χ0n) is 11.2. The molecule has 0 bridgehead atoms. The van der Waals surface area contributed by atoms with Gasteiger partial charge in [-0.3, -0.25) is 0 Å². The van der Waals surface area contributed by atoms with Crippen LogP contribution in [0.25, 0.3) is 0 Å². The van der Waals surface area contributed by atoms with E-state index in [0.717, 1.165) is 0 Å². The van der Waals surface area contributed by atoms with Gasteiger partial charge in [-0.15, -0.1) is 0 Å². The van der Waals surface area contributed by atoms with Crippen molar-refractivity contribution in [2.24, 2.45) is 0 Å². The molecule has 0 atom stereocenters. The van der Waals surface area contributed by atoms with Gasteiger partial charge in [0, 0.05) is 6.54 Å². The van der Waals surface area contributed by atoms with Crippen molar-refractivity contribution >= 4 is 27.3 Å². The molecule has 0 unspecified atom stereocenters. The van der Waals surface area contributed by atoms with Gasteiger partial charge < -0.3 is 10.5 Å². The number of nitrogens with two attached hydrogens (primary N) is 1. The second kappa shape index (κ2) is 6.56. The summed E-state index contributed by atoms with van der Waals surface area (Å²) in [5.41, 5.74) is 6.43. The van der Waals surface area contributed by atoms with E-state index in [1.807, 2.05) is 13.8 Å². The number of hydrogen-bond donors (Lipinski definition) is 2. The number of rotatable bonds is 6. The zero-order valence-corrected chi connectivity index (χ0v) is 12.8. The maximum atomic E-state index is 12.1. The highest BCUT2D eigenvalue weighted by molar-refractivity contribution is 7.89. The maximum Gasteiger partial charge on any atom is 0.240 e. The van der Waals surface area contributed by atoms with Crippen molar-refractivity contribution in [1.29, 1.82) is 0 Å². The van der Waals surface area contributed by atoms with E-state index in [0.29, 0.717) is 17.2 Å². The van der Waals surface area contributed by atoms with Crippen LogP contribution in [0.1, 0.15) is 19.4 Å². The van der Waals surface area contributed by atoms with Crippen LogP contribution in [0.15, 0.2) is 17.0 Å². The average molecular weight is 307 g/mol. The number of nitrogens with one attached hydrogen (secondary N) is 1. The Bertz CT molecular complexity index is 544. The smallest absolute Gasteiger partial charge is 0.240 e. The van der Waals surface area contributed by atoms with E-state index in [1.54, 1.807) is 6.92 Å². The highest BCUT2D eigenvalue weighted by Crippen LogP contribution is 2.25. The quantitative estimate of drug-likeness (QED) is 0.621. The average Bonchev–Trinajstić information content (AvgIpc) is 2.29. The Morgan fingerprint density at radius 3 is 2.63 bits per heavy atom. The fraction of sp³-hybridized carbons (Fsp3) is 0.500. The monoisotopic (exact) mass is 306 g/mol. The zero-order chi connectivity index (χ0) is 14.6. The van der Waals surface area contributed by atoms with Gasteiger partial charge in [0.2, 0.25) is 10.0 Å². The third-order valence-corrected chi connectivity index (χ3v) is 4.36. The van der Waals surface area contributed by atoms with Gasteiger partial charge in [-0.05, 0) is 38.5 Å². The molecular formula is C12H19ClN2O3S. The van der Waals surface area contributed by atoms with Crippen molar-refractivity contribution in [3.05, 3.63) is 22.7 Å². The van der Waals surface area contributed by atoms with Crippen molar-refractivity contribution in [3.8, 4) is 0 Å². The van der Waals surface area contributed by atoms with Crippen LogP contribution in [0.4, 0.5) is 5.69 Å². The minimum Gasteiger partial charge on any atom is -0.397 e. The van der Waals surface area contributed by atoms with Gasteiger partial charge in [0.15, 0.2) is 0 Å². The molecule has 0 saturated heterocycles. The number of hydrogen-bond acceptors (Lipinski definition) is 4. The molecule has 0 amide bonds. The topological polar surface area (TPSA) is 81.4 Å². The highest BCUT2D eigenvalue weighted by atomic mass is 35.5. The molecule has 1 aromatic rings. The first-order valence-electron chi connectivity index (χ1n) is 5.91. The van der Waals surface area contributed by atoms with Gasteiger partial charge in [-0.1, -0.05) is 11.6 Å². The van der Waals surface area contributed by atoms with Gasteiger partial charge >= 0.3 is 0 Å². The molecule has 0 heterocycles. The molecule has 0 fully saturated rings. The summed E-state index contributed by atoms with van der Waals surface area (Å²) in [7, 11) is -3.60. The number of sulfonamides is 1. The Labute approximate surface area is 119 Å². The highest BCUT2D eigenvalue weighted by Gasteiger charge is 2.17. The van der Waals surface area contributed by atoms with Crippen LogP contribution in [0.5, 0.6) is 0 Å². The minimum absolute atomic E-state index is 0.0671. The van der Waals surface area contributed by atoms with Crippen LogP contribution >= 0.6 is 11.6 Å². The lowest BCUT2D eigenvalue weighted by molar-refractivity contribution is 0.0834. The van der Waals surface area contributed by atoms with Crippen LogP contribution < -0.4 is 10.5 Å². The molecule has 108 valence electrons. The van der Waals surface area contributed by atoms with E-state index in [1.165, 1.54) is 12.1 Å². The normalized spacial score (nSPS) is 12.1. The van der Waals surface area contributed by atoms with E-state index in [-0.39, 0.29) is 23.2 Å². The molecule has 3 N–H and O–H groups in total. The Kier molecular flexibility index (Phi) is 5.61. The van der Waals surface area contributed by atoms with E-state index in [2.05, 4.69) is 4.72 Å². The molecule has 0 spiro atoms. The van der Waals surface area contributed by atoms with E-state index >= 15 is 0 Å². The van der Waals surface area contributed by atoms with Gasteiger partial charge in [-0.25, -0.2) is 13.1 Å². The van der Waals surface area contributed by atoms with Crippen LogP contribution in [0, 0.1) is 6.92 Å². The SMILES string of the molecule is Cc1cc(Cl)c(N)cc1S(=O)(=O)NCCOC(C)C. The Morgan fingerprint density at radius 2 is 2.05 bits per heavy atom. The summed E-state index contributed by atoms with van der Waals surface area (Å²) >= 11 is 5.84. The summed E-state index contributed by atoms with van der Waals surface area (Å²) in [5.74, 6) is 0.